The van der Waals surface area contributed by atoms with E-state index in [2.05, 4.69) is 18.5 Å². The van der Waals surface area contributed by atoms with Crippen molar-refractivity contribution < 1.29 is 33.1 Å². The number of carboxylic acids is 1. The monoisotopic (exact) mass is 561 g/mol. The predicted molar refractivity (Wildman–Crippen MR) is 160 cm³/mol. The molecule has 208 valence electrons. The van der Waals surface area contributed by atoms with Gasteiger partial charge in [-0.2, -0.15) is 0 Å². The van der Waals surface area contributed by atoms with Crippen LogP contribution in [0.4, 0.5) is 5.69 Å². The Labute approximate surface area is 236 Å². The number of ether oxygens (including phenoxy) is 1. The summed E-state index contributed by atoms with van der Waals surface area (Å²) in [6, 6.07) is 17.2. The second-order valence-electron chi connectivity index (χ2n) is 7.23. The summed E-state index contributed by atoms with van der Waals surface area (Å²) in [7, 11) is 0. The number of benzene rings is 2. The number of amides is 1. The third kappa shape index (κ3) is 7.58. The van der Waals surface area contributed by atoms with Crippen LogP contribution in [0.25, 0.3) is 21.9 Å². The molecule has 0 fully saturated rings. The molecule has 0 aliphatic carbocycles. The molecule has 3 heterocycles. The lowest BCUT2D eigenvalue weighted by Gasteiger charge is -2.04. The van der Waals surface area contributed by atoms with Gasteiger partial charge in [-0.15, -0.1) is 11.3 Å². The van der Waals surface area contributed by atoms with E-state index in [9.17, 15) is 19.5 Å². The molecular formula is C31H31NO7S. The molecule has 9 heteroatoms. The molecule has 0 radical (unpaired) electrons. The van der Waals surface area contributed by atoms with Crippen molar-refractivity contribution in [3.63, 3.8) is 0 Å². The van der Waals surface area contributed by atoms with Crippen molar-refractivity contribution in [2.75, 3.05) is 5.32 Å². The summed E-state index contributed by atoms with van der Waals surface area (Å²) in [4.78, 5) is 36.9. The van der Waals surface area contributed by atoms with Crippen LogP contribution in [-0.4, -0.2) is 23.0 Å². The van der Waals surface area contributed by atoms with Gasteiger partial charge in [-0.1, -0.05) is 89.4 Å². The highest BCUT2D eigenvalue weighted by Gasteiger charge is 2.26. The molecular weight excluding hydrogens is 530 g/mol. The van der Waals surface area contributed by atoms with Crippen molar-refractivity contribution in [2.45, 2.75) is 27.7 Å². The number of carbonyl (C=O) groups excluding carboxylic acids is 2. The van der Waals surface area contributed by atoms with Gasteiger partial charge in [0.2, 0.25) is 10.8 Å². The molecule has 0 saturated carbocycles. The number of carboxylic acid groups (broad SMARTS) is 1. The molecule has 0 atom stereocenters. The predicted octanol–water partition coefficient (Wildman–Crippen LogP) is 8.82. The first-order valence-electron chi connectivity index (χ1n) is 12.5. The Bertz CT molecular complexity index is 1430. The molecule has 0 spiro atoms. The van der Waals surface area contributed by atoms with Gasteiger partial charge in [0.25, 0.3) is 5.91 Å². The largest absolute Gasteiger partial charge is 0.477 e. The van der Waals surface area contributed by atoms with Crippen LogP contribution in [0.2, 0.25) is 0 Å². The number of allylic oxidation sites excluding steroid dienone is 2. The fourth-order valence-corrected chi connectivity index (χ4v) is 4.05. The number of carbonyl (C=O) groups is 3. The number of rotatable bonds is 6. The van der Waals surface area contributed by atoms with Crippen LogP contribution in [0.15, 0.2) is 100 Å². The Morgan fingerprint density at radius 1 is 0.850 bits per heavy atom. The zero-order valence-corrected chi connectivity index (χ0v) is 23.5. The summed E-state index contributed by atoms with van der Waals surface area (Å²) in [5.74, 6) is -2.88. The number of thiophene rings is 1. The number of aromatic carboxylic acids is 1. The molecule has 2 aromatic carbocycles. The fourth-order valence-electron chi connectivity index (χ4n) is 3.20. The average Bonchev–Trinajstić information content (AvgIpc) is 3.72. The number of furan rings is 2. The molecule has 3 aromatic heterocycles. The van der Waals surface area contributed by atoms with Crippen LogP contribution in [0.1, 0.15) is 59.2 Å². The number of nitrogens with one attached hydrogen (secondary N) is 1. The van der Waals surface area contributed by atoms with E-state index in [1.165, 1.54) is 11.4 Å². The van der Waals surface area contributed by atoms with Gasteiger partial charge in [0.05, 0.1) is 5.69 Å². The number of hydrogen-bond donors (Lipinski definition) is 2. The van der Waals surface area contributed by atoms with Gasteiger partial charge in [-0.25, -0.2) is 9.59 Å². The quantitative estimate of drug-likeness (QED) is 0.157. The van der Waals surface area contributed by atoms with E-state index < -0.39 is 17.8 Å². The van der Waals surface area contributed by atoms with Crippen LogP contribution >= 0.6 is 11.3 Å². The summed E-state index contributed by atoms with van der Waals surface area (Å²) >= 11 is 0.866. The van der Waals surface area contributed by atoms with E-state index in [0.717, 1.165) is 16.7 Å². The van der Waals surface area contributed by atoms with Gasteiger partial charge in [0.15, 0.2) is 5.76 Å². The Balaban J connectivity index is 0.000000634. The second-order valence-corrected chi connectivity index (χ2v) is 8.07. The first kappa shape index (κ1) is 31.3. The minimum Gasteiger partial charge on any atom is -0.477 e. The van der Waals surface area contributed by atoms with Gasteiger partial charge in [-0.3, -0.25) is 4.79 Å². The normalized spacial score (nSPS) is 9.60. The van der Waals surface area contributed by atoms with E-state index in [1.807, 2.05) is 33.8 Å². The molecule has 5 rings (SSSR count). The molecule has 0 aliphatic heterocycles. The lowest BCUT2D eigenvalue weighted by molar-refractivity contribution is 0.0677. The van der Waals surface area contributed by atoms with Gasteiger partial charge in [0.1, 0.15) is 16.7 Å². The third-order valence-electron chi connectivity index (χ3n) is 4.85. The maximum Gasteiger partial charge on any atom is 0.380 e. The van der Waals surface area contributed by atoms with E-state index >= 15 is 0 Å². The summed E-state index contributed by atoms with van der Waals surface area (Å²) in [5, 5.41) is 14.8. The van der Waals surface area contributed by atoms with Crippen LogP contribution < -0.4 is 10.1 Å². The summed E-state index contributed by atoms with van der Waals surface area (Å²) in [6.07, 6.45) is 3.28. The first-order valence-corrected chi connectivity index (χ1v) is 13.4. The maximum absolute atomic E-state index is 12.6. The highest BCUT2D eigenvalue weighted by atomic mass is 32.1. The van der Waals surface area contributed by atoms with Crippen LogP contribution in [0.3, 0.4) is 0 Å². The van der Waals surface area contributed by atoms with Crippen LogP contribution in [0, 0.1) is 0 Å². The van der Waals surface area contributed by atoms with Gasteiger partial charge < -0.3 is 24.0 Å². The van der Waals surface area contributed by atoms with Crippen LogP contribution in [-0.2, 0) is 0 Å². The SMILES string of the molecule is C=CC=C.CC.CC.O=C(Nc1csc(OC(=O)c2cc3ccccc3o2)c1C(=O)O)c1cc2ccccc2o1. The van der Waals surface area contributed by atoms with Crippen molar-refractivity contribution >= 4 is 56.8 Å². The Kier molecular flexibility index (Phi) is 12.1. The molecule has 2 N–H and O–H groups in total. The van der Waals surface area contributed by atoms with Gasteiger partial charge in [0, 0.05) is 16.2 Å². The number of fused-ring (bicyclic) bond motifs is 2. The Morgan fingerprint density at radius 2 is 1.35 bits per heavy atom. The van der Waals surface area contributed by atoms with Gasteiger partial charge in [-0.05, 0) is 24.3 Å². The van der Waals surface area contributed by atoms with E-state index in [-0.39, 0.29) is 27.8 Å². The molecule has 0 unspecified atom stereocenters. The minimum atomic E-state index is -1.36. The Morgan fingerprint density at radius 3 is 1.85 bits per heavy atom. The summed E-state index contributed by atoms with van der Waals surface area (Å²) < 4.78 is 16.2. The number of para-hydroxylation sites is 2. The summed E-state index contributed by atoms with van der Waals surface area (Å²) in [6.45, 7) is 14.7. The molecule has 0 aliphatic rings. The molecule has 0 bridgehead atoms. The van der Waals surface area contributed by atoms with Crippen molar-refractivity contribution in [1.82, 2.24) is 0 Å². The number of anilines is 1. The molecule has 8 nitrogen and oxygen atoms in total. The zero-order valence-electron chi connectivity index (χ0n) is 22.7. The van der Waals surface area contributed by atoms with Crippen molar-refractivity contribution in [3.05, 3.63) is 108 Å². The number of hydrogen-bond acceptors (Lipinski definition) is 7. The standard InChI is InChI=1S/C23H13NO7S.C4H6.2C2H6/c25-20(17-9-12-5-1-3-7-15(12)29-17)24-14-11-32-23(19(14)21(26)27)31-22(28)18-10-13-6-2-4-8-16(13)30-18;1-3-4-2;2*1-2/h1-11H,(H,24,25)(H,26,27);3-4H,1-2H2;2*1-2H3. The molecule has 40 heavy (non-hydrogen) atoms. The highest BCUT2D eigenvalue weighted by molar-refractivity contribution is 7.13. The molecule has 5 aromatic rings. The van der Waals surface area contributed by atoms with Crippen molar-refractivity contribution in [3.8, 4) is 5.06 Å². The summed E-state index contributed by atoms with van der Waals surface area (Å²) in [5.41, 5.74) is 0.675. The van der Waals surface area contributed by atoms with Crippen molar-refractivity contribution in [2.24, 2.45) is 0 Å². The van der Waals surface area contributed by atoms with E-state index in [4.69, 9.17) is 13.6 Å². The fraction of sp³-hybridized carbons (Fsp3) is 0.129. The van der Waals surface area contributed by atoms with E-state index in [0.29, 0.717) is 16.6 Å². The first-order chi connectivity index (χ1) is 19.4. The smallest absolute Gasteiger partial charge is 0.380 e. The third-order valence-corrected chi connectivity index (χ3v) is 5.70. The Hall–Kier alpha value is -4.89. The molecule has 1 amide bonds. The highest BCUT2D eigenvalue weighted by Crippen LogP contribution is 2.36. The van der Waals surface area contributed by atoms with Crippen molar-refractivity contribution in [1.29, 1.82) is 0 Å². The average molecular weight is 562 g/mol. The molecule has 0 saturated heterocycles. The zero-order chi connectivity index (χ0) is 29.7. The van der Waals surface area contributed by atoms with E-state index in [1.54, 1.807) is 60.7 Å². The topological polar surface area (TPSA) is 119 Å². The number of esters is 1. The second kappa shape index (κ2) is 15.5. The minimum absolute atomic E-state index is 0.0136. The maximum atomic E-state index is 12.6. The lowest BCUT2D eigenvalue weighted by Crippen LogP contribution is -2.14. The van der Waals surface area contributed by atoms with Crippen LogP contribution in [0.5, 0.6) is 5.06 Å². The van der Waals surface area contributed by atoms with Gasteiger partial charge >= 0.3 is 11.9 Å². The lowest BCUT2D eigenvalue weighted by atomic mass is 10.2.